The van der Waals surface area contributed by atoms with Gasteiger partial charge in [-0.2, -0.15) is 0 Å². The van der Waals surface area contributed by atoms with Gasteiger partial charge in [-0.15, -0.1) is 0 Å². The first kappa shape index (κ1) is 15.6. The fourth-order valence-corrected chi connectivity index (χ4v) is 3.37. The number of rotatable bonds is 5. The molecule has 0 saturated carbocycles. The molecule has 0 aliphatic heterocycles. The van der Waals surface area contributed by atoms with Crippen LogP contribution >= 0.6 is 43.5 Å². The van der Waals surface area contributed by atoms with E-state index in [2.05, 4.69) is 42.2 Å². The molecule has 0 spiro atoms. The molecule has 0 aliphatic rings. The Bertz CT molecular complexity index is 584. The lowest BCUT2D eigenvalue weighted by atomic mass is 10.2. The van der Waals surface area contributed by atoms with Crippen LogP contribution in [0.15, 0.2) is 39.3 Å². The second kappa shape index (κ2) is 7.29. The second-order valence-electron chi connectivity index (χ2n) is 4.02. The van der Waals surface area contributed by atoms with Crippen molar-refractivity contribution in [2.45, 2.75) is 13.5 Å². The molecule has 0 radical (unpaired) electrons. The third kappa shape index (κ3) is 4.11. The van der Waals surface area contributed by atoms with Crippen LogP contribution in [0.4, 0.5) is 5.82 Å². The van der Waals surface area contributed by atoms with E-state index in [1.54, 1.807) is 6.07 Å². The molecule has 0 bridgehead atoms. The lowest BCUT2D eigenvalue weighted by molar-refractivity contribution is 0.336. The lowest BCUT2D eigenvalue weighted by Gasteiger charge is -2.12. The van der Waals surface area contributed by atoms with Gasteiger partial charge in [0.05, 0.1) is 15.6 Å². The summed E-state index contributed by atoms with van der Waals surface area (Å²) in [5.41, 5.74) is 1.11. The van der Waals surface area contributed by atoms with Crippen molar-refractivity contribution in [3.63, 3.8) is 0 Å². The number of aromatic nitrogens is 1. The summed E-state index contributed by atoms with van der Waals surface area (Å²) in [6.45, 7) is 3.23. The van der Waals surface area contributed by atoms with Gasteiger partial charge in [0.15, 0.2) is 0 Å². The Hall–Kier alpha value is -0.780. The molecule has 106 valence electrons. The molecule has 20 heavy (non-hydrogen) atoms. The standard InChI is InChI=1S/C14H13Br2ClN2O/c1-2-20-14-10(15)6-9(7-11(14)16)8-18-13-5-3-4-12(17)19-13/h3-7H,2,8H2,1H3,(H,18,19). The molecule has 1 heterocycles. The van der Waals surface area contributed by atoms with Crippen molar-refractivity contribution >= 4 is 49.3 Å². The normalized spacial score (nSPS) is 10.4. The summed E-state index contributed by atoms with van der Waals surface area (Å²) in [7, 11) is 0. The Labute approximate surface area is 140 Å². The maximum Gasteiger partial charge on any atom is 0.147 e. The van der Waals surface area contributed by atoms with Crippen LogP contribution in [-0.2, 0) is 6.54 Å². The highest BCUT2D eigenvalue weighted by molar-refractivity contribution is 9.11. The van der Waals surface area contributed by atoms with Crippen LogP contribution in [-0.4, -0.2) is 11.6 Å². The van der Waals surface area contributed by atoms with Gasteiger partial charge in [0, 0.05) is 6.54 Å². The Balaban J connectivity index is 2.10. The fourth-order valence-electron chi connectivity index (χ4n) is 1.70. The summed E-state index contributed by atoms with van der Waals surface area (Å²) >= 11 is 12.9. The number of halogens is 3. The highest BCUT2D eigenvalue weighted by atomic mass is 79.9. The second-order valence-corrected chi connectivity index (χ2v) is 6.12. The molecule has 1 aromatic carbocycles. The van der Waals surface area contributed by atoms with Gasteiger partial charge in [-0.1, -0.05) is 17.7 Å². The molecule has 2 rings (SSSR count). The van der Waals surface area contributed by atoms with Gasteiger partial charge in [-0.3, -0.25) is 0 Å². The van der Waals surface area contributed by atoms with Crippen molar-refractivity contribution < 1.29 is 4.74 Å². The van der Waals surface area contributed by atoms with Crippen LogP contribution in [0.3, 0.4) is 0 Å². The van der Waals surface area contributed by atoms with Crippen molar-refractivity contribution in [1.29, 1.82) is 0 Å². The van der Waals surface area contributed by atoms with Crippen LogP contribution in [0.5, 0.6) is 5.75 Å². The molecule has 0 aliphatic carbocycles. The first-order valence-corrected chi connectivity index (χ1v) is 8.03. The van der Waals surface area contributed by atoms with E-state index in [0.29, 0.717) is 18.3 Å². The molecule has 0 saturated heterocycles. The van der Waals surface area contributed by atoms with E-state index >= 15 is 0 Å². The van der Waals surface area contributed by atoms with Crippen molar-refractivity contribution in [2.24, 2.45) is 0 Å². The van der Waals surface area contributed by atoms with Crippen molar-refractivity contribution in [3.8, 4) is 5.75 Å². The number of pyridine rings is 1. The Morgan fingerprint density at radius 2 is 1.95 bits per heavy atom. The van der Waals surface area contributed by atoms with Crippen molar-refractivity contribution in [3.05, 3.63) is 50.0 Å². The van der Waals surface area contributed by atoms with Crippen molar-refractivity contribution in [2.75, 3.05) is 11.9 Å². The van der Waals surface area contributed by atoms with E-state index in [0.717, 1.165) is 26.1 Å². The number of nitrogens with zero attached hydrogens (tertiary/aromatic N) is 1. The first-order valence-electron chi connectivity index (χ1n) is 6.07. The number of anilines is 1. The summed E-state index contributed by atoms with van der Waals surface area (Å²) in [5.74, 6) is 1.57. The monoisotopic (exact) mass is 418 g/mol. The molecule has 6 heteroatoms. The smallest absolute Gasteiger partial charge is 0.147 e. The van der Waals surface area contributed by atoms with Crippen LogP contribution in [0.25, 0.3) is 0 Å². The predicted molar refractivity (Wildman–Crippen MR) is 89.6 cm³/mol. The van der Waals surface area contributed by atoms with Gasteiger partial charge in [-0.05, 0) is 68.6 Å². The number of hydrogen-bond donors (Lipinski definition) is 1. The van der Waals surface area contributed by atoms with E-state index in [-0.39, 0.29) is 0 Å². The SMILES string of the molecule is CCOc1c(Br)cc(CNc2cccc(Cl)n2)cc1Br. The zero-order chi connectivity index (χ0) is 14.5. The number of nitrogens with one attached hydrogen (secondary N) is 1. The minimum atomic E-state index is 0.476. The maximum atomic E-state index is 5.85. The molecule has 2 aromatic rings. The van der Waals surface area contributed by atoms with Gasteiger partial charge >= 0.3 is 0 Å². The molecule has 0 unspecified atom stereocenters. The summed E-state index contributed by atoms with van der Waals surface area (Å²) < 4.78 is 7.40. The van der Waals surface area contributed by atoms with E-state index in [1.165, 1.54) is 0 Å². The lowest BCUT2D eigenvalue weighted by Crippen LogP contribution is -2.02. The number of benzene rings is 1. The van der Waals surface area contributed by atoms with Crippen LogP contribution in [0, 0.1) is 0 Å². The Morgan fingerprint density at radius 1 is 1.25 bits per heavy atom. The van der Waals surface area contributed by atoms with Crippen LogP contribution < -0.4 is 10.1 Å². The summed E-state index contributed by atoms with van der Waals surface area (Å²) in [4.78, 5) is 4.19. The zero-order valence-corrected chi connectivity index (χ0v) is 14.7. The molecular formula is C14H13Br2ClN2O. The molecule has 0 atom stereocenters. The number of ether oxygens (including phenoxy) is 1. The fraction of sp³-hybridized carbons (Fsp3) is 0.214. The molecule has 1 N–H and O–H groups in total. The zero-order valence-electron chi connectivity index (χ0n) is 10.8. The van der Waals surface area contributed by atoms with E-state index in [1.807, 2.05) is 31.2 Å². The average Bonchev–Trinajstić information content (AvgIpc) is 2.41. The third-order valence-corrected chi connectivity index (χ3v) is 3.92. The Morgan fingerprint density at radius 3 is 2.55 bits per heavy atom. The predicted octanol–water partition coefficient (Wildman–Crippen LogP) is 5.27. The van der Waals surface area contributed by atoms with Gasteiger partial charge in [0.2, 0.25) is 0 Å². The van der Waals surface area contributed by atoms with Gasteiger partial charge < -0.3 is 10.1 Å². The molecule has 1 aromatic heterocycles. The van der Waals surface area contributed by atoms with E-state index < -0.39 is 0 Å². The Kier molecular flexibility index (Phi) is 5.69. The largest absolute Gasteiger partial charge is 0.492 e. The molecule has 0 fully saturated rings. The molecular weight excluding hydrogens is 407 g/mol. The van der Waals surface area contributed by atoms with Crippen LogP contribution in [0.1, 0.15) is 12.5 Å². The van der Waals surface area contributed by atoms with Gasteiger partial charge in [-0.25, -0.2) is 4.98 Å². The summed E-state index contributed by atoms with van der Waals surface area (Å²) in [5, 5.41) is 3.71. The van der Waals surface area contributed by atoms with Crippen LogP contribution in [0.2, 0.25) is 5.15 Å². The average molecular weight is 421 g/mol. The quantitative estimate of drug-likeness (QED) is 0.669. The summed E-state index contributed by atoms with van der Waals surface area (Å²) in [6.07, 6.45) is 0. The van der Waals surface area contributed by atoms with Gasteiger partial charge in [0.25, 0.3) is 0 Å². The highest BCUT2D eigenvalue weighted by Crippen LogP contribution is 2.34. The van der Waals surface area contributed by atoms with E-state index in [4.69, 9.17) is 16.3 Å². The maximum absolute atomic E-state index is 5.85. The summed E-state index contributed by atoms with van der Waals surface area (Å²) in [6, 6.07) is 9.53. The third-order valence-electron chi connectivity index (χ3n) is 2.54. The topological polar surface area (TPSA) is 34.1 Å². The minimum absolute atomic E-state index is 0.476. The van der Waals surface area contributed by atoms with Gasteiger partial charge in [0.1, 0.15) is 16.7 Å². The van der Waals surface area contributed by atoms with Crippen molar-refractivity contribution in [1.82, 2.24) is 4.98 Å². The molecule has 3 nitrogen and oxygen atoms in total. The minimum Gasteiger partial charge on any atom is -0.492 e. The number of hydrogen-bond acceptors (Lipinski definition) is 3. The van der Waals surface area contributed by atoms with E-state index in [9.17, 15) is 0 Å². The first-order chi connectivity index (χ1) is 9.60. The molecule has 0 amide bonds. The highest BCUT2D eigenvalue weighted by Gasteiger charge is 2.08.